The first-order valence-electron chi connectivity index (χ1n) is 6.54. The summed E-state index contributed by atoms with van der Waals surface area (Å²) in [6.45, 7) is 1.97. The highest BCUT2D eigenvalue weighted by Crippen LogP contribution is 2.26. The van der Waals surface area contributed by atoms with Crippen molar-refractivity contribution in [2.75, 3.05) is 11.1 Å². The molecule has 22 heavy (non-hydrogen) atoms. The Morgan fingerprint density at radius 1 is 1.45 bits per heavy atom. The number of hydrogen-bond acceptors (Lipinski definition) is 6. The van der Waals surface area contributed by atoms with Crippen LogP contribution in [0.4, 0.5) is 9.52 Å². The van der Waals surface area contributed by atoms with E-state index >= 15 is 0 Å². The van der Waals surface area contributed by atoms with Crippen molar-refractivity contribution in [3.63, 3.8) is 0 Å². The highest BCUT2D eigenvalue weighted by Gasteiger charge is 2.10. The number of hydrogen-bond donors (Lipinski definition) is 2. The minimum atomic E-state index is -0.319. The number of nitrogens with one attached hydrogen (secondary N) is 2. The molecule has 6 nitrogen and oxygen atoms in total. The zero-order chi connectivity index (χ0) is 15.5. The van der Waals surface area contributed by atoms with Crippen molar-refractivity contribution in [1.29, 1.82) is 0 Å². The van der Waals surface area contributed by atoms with Crippen LogP contribution in [0.15, 0.2) is 23.4 Å². The number of thioether (sulfide) groups is 1. The van der Waals surface area contributed by atoms with Crippen LogP contribution in [0.2, 0.25) is 0 Å². The molecule has 0 radical (unpaired) electrons. The van der Waals surface area contributed by atoms with Gasteiger partial charge < -0.3 is 5.32 Å². The largest absolute Gasteiger partial charge is 0.301 e. The van der Waals surface area contributed by atoms with Gasteiger partial charge in [-0.3, -0.25) is 9.89 Å². The molecule has 0 aliphatic rings. The number of aromatic amines is 1. The molecule has 114 valence electrons. The molecule has 0 unspecified atom stereocenters. The second-order valence-electron chi connectivity index (χ2n) is 4.39. The van der Waals surface area contributed by atoms with E-state index in [0.717, 1.165) is 12.2 Å². The van der Waals surface area contributed by atoms with Crippen LogP contribution in [0.25, 0.3) is 10.2 Å². The van der Waals surface area contributed by atoms with Gasteiger partial charge in [0, 0.05) is 6.42 Å². The van der Waals surface area contributed by atoms with E-state index in [0.29, 0.717) is 20.5 Å². The van der Waals surface area contributed by atoms with Crippen molar-refractivity contribution in [3.8, 4) is 0 Å². The van der Waals surface area contributed by atoms with Gasteiger partial charge in [0.25, 0.3) is 0 Å². The first-order valence-corrected chi connectivity index (χ1v) is 8.34. The average Bonchev–Trinajstić information content (AvgIpc) is 3.10. The van der Waals surface area contributed by atoms with Crippen molar-refractivity contribution >= 4 is 44.4 Å². The number of rotatable bonds is 5. The summed E-state index contributed by atoms with van der Waals surface area (Å²) in [6.07, 6.45) is 0.766. The molecule has 0 aliphatic heterocycles. The van der Waals surface area contributed by atoms with Crippen LogP contribution < -0.4 is 5.32 Å². The molecule has 2 N–H and O–H groups in total. The average molecular weight is 337 g/mol. The van der Waals surface area contributed by atoms with Crippen LogP contribution in [-0.4, -0.2) is 31.8 Å². The fourth-order valence-corrected chi connectivity index (χ4v) is 3.26. The third-order valence-electron chi connectivity index (χ3n) is 2.78. The number of aryl methyl sites for hydroxylation is 1. The Bertz CT molecular complexity index is 816. The predicted octanol–water partition coefficient (Wildman–Crippen LogP) is 2.85. The smallest absolute Gasteiger partial charge is 0.236 e. The Balaban J connectivity index is 1.60. The molecule has 1 aromatic carbocycles. The number of anilines is 1. The molecule has 0 spiro atoms. The maximum absolute atomic E-state index is 13.1. The normalized spacial score (nSPS) is 11.0. The number of carbonyl (C=O) groups is 1. The van der Waals surface area contributed by atoms with Crippen LogP contribution in [0.3, 0.4) is 0 Å². The molecule has 2 aromatic heterocycles. The van der Waals surface area contributed by atoms with Gasteiger partial charge in [-0.2, -0.15) is 0 Å². The molecule has 2 heterocycles. The molecule has 3 aromatic rings. The van der Waals surface area contributed by atoms with E-state index < -0.39 is 0 Å². The van der Waals surface area contributed by atoms with E-state index in [-0.39, 0.29) is 17.5 Å². The van der Waals surface area contributed by atoms with E-state index in [1.165, 1.54) is 35.2 Å². The summed E-state index contributed by atoms with van der Waals surface area (Å²) in [4.78, 5) is 20.4. The number of benzene rings is 1. The Hall–Kier alpha value is -2.00. The van der Waals surface area contributed by atoms with Crippen molar-refractivity contribution in [2.24, 2.45) is 0 Å². The molecule has 0 fully saturated rings. The zero-order valence-electron chi connectivity index (χ0n) is 11.6. The van der Waals surface area contributed by atoms with Gasteiger partial charge in [0.15, 0.2) is 5.13 Å². The van der Waals surface area contributed by atoms with Crippen molar-refractivity contribution in [3.05, 3.63) is 29.8 Å². The lowest BCUT2D eigenvalue weighted by atomic mass is 10.3. The minimum absolute atomic E-state index is 0.186. The predicted molar refractivity (Wildman–Crippen MR) is 84.7 cm³/mol. The van der Waals surface area contributed by atoms with Gasteiger partial charge in [0.05, 0.1) is 16.0 Å². The first kappa shape index (κ1) is 14.9. The second-order valence-corrected chi connectivity index (χ2v) is 6.36. The number of halogens is 1. The number of aromatic nitrogens is 4. The van der Waals surface area contributed by atoms with Crippen LogP contribution in [0.5, 0.6) is 0 Å². The van der Waals surface area contributed by atoms with Crippen LogP contribution in [0.1, 0.15) is 12.7 Å². The van der Waals surface area contributed by atoms with Crippen LogP contribution in [-0.2, 0) is 11.2 Å². The zero-order valence-corrected chi connectivity index (χ0v) is 13.2. The lowest BCUT2D eigenvalue weighted by molar-refractivity contribution is -0.113. The van der Waals surface area contributed by atoms with Crippen molar-refractivity contribution in [2.45, 2.75) is 18.5 Å². The Kier molecular flexibility index (Phi) is 4.34. The quantitative estimate of drug-likeness (QED) is 0.700. The van der Waals surface area contributed by atoms with Crippen molar-refractivity contribution < 1.29 is 9.18 Å². The van der Waals surface area contributed by atoms with Gasteiger partial charge in [-0.25, -0.2) is 14.4 Å². The van der Waals surface area contributed by atoms with E-state index in [9.17, 15) is 9.18 Å². The summed E-state index contributed by atoms with van der Waals surface area (Å²) in [5, 5.41) is 10.5. The number of fused-ring (bicyclic) bond motifs is 1. The fourth-order valence-electron chi connectivity index (χ4n) is 1.74. The molecule has 0 saturated carbocycles. The Labute approximate surface area is 133 Å². The summed E-state index contributed by atoms with van der Waals surface area (Å²) in [6, 6.07) is 4.33. The standard InChI is InChI=1S/C13H12FN5OS2/c1-2-10-16-13(19-18-10)21-6-11(20)17-12-15-8-4-3-7(14)5-9(8)22-12/h3-5H,2,6H2,1H3,(H,15,17,20)(H,16,18,19). The monoisotopic (exact) mass is 337 g/mol. The molecule has 0 bridgehead atoms. The Morgan fingerprint density at radius 2 is 2.32 bits per heavy atom. The lowest BCUT2D eigenvalue weighted by Gasteiger charge is -1.98. The van der Waals surface area contributed by atoms with Gasteiger partial charge in [-0.15, -0.1) is 5.10 Å². The molecule has 0 saturated heterocycles. The van der Waals surface area contributed by atoms with Gasteiger partial charge in [-0.05, 0) is 18.2 Å². The number of nitrogens with zero attached hydrogens (tertiary/aromatic N) is 3. The molecule has 9 heteroatoms. The van der Waals surface area contributed by atoms with Gasteiger partial charge >= 0.3 is 0 Å². The van der Waals surface area contributed by atoms with E-state index in [1.54, 1.807) is 6.07 Å². The molecule has 0 aliphatic carbocycles. The summed E-state index contributed by atoms with van der Waals surface area (Å²) in [5.74, 6) is 0.454. The third kappa shape index (κ3) is 3.42. The molecular weight excluding hydrogens is 325 g/mol. The third-order valence-corrected chi connectivity index (χ3v) is 4.56. The summed E-state index contributed by atoms with van der Waals surface area (Å²) in [7, 11) is 0. The first-order chi connectivity index (χ1) is 10.6. The molecular formula is C13H12FN5OS2. The number of H-pyrrole nitrogens is 1. The maximum Gasteiger partial charge on any atom is 0.236 e. The SMILES string of the molecule is CCc1nc(SCC(=O)Nc2nc3ccc(F)cc3s2)n[nH]1. The summed E-state index contributed by atoms with van der Waals surface area (Å²) < 4.78 is 13.8. The minimum Gasteiger partial charge on any atom is -0.301 e. The van der Waals surface area contributed by atoms with E-state index in [1.807, 2.05) is 6.92 Å². The number of carbonyl (C=O) groups excluding carboxylic acids is 1. The highest BCUT2D eigenvalue weighted by molar-refractivity contribution is 7.99. The molecule has 3 rings (SSSR count). The van der Waals surface area contributed by atoms with Gasteiger partial charge in [-0.1, -0.05) is 30.0 Å². The summed E-state index contributed by atoms with van der Waals surface area (Å²) >= 11 is 2.48. The topological polar surface area (TPSA) is 83.6 Å². The molecule has 0 atom stereocenters. The number of thiazole rings is 1. The van der Waals surface area contributed by atoms with Crippen LogP contribution in [0, 0.1) is 5.82 Å². The highest BCUT2D eigenvalue weighted by atomic mass is 32.2. The Morgan fingerprint density at radius 3 is 3.09 bits per heavy atom. The van der Waals surface area contributed by atoms with E-state index in [2.05, 4.69) is 25.5 Å². The maximum atomic E-state index is 13.1. The van der Waals surface area contributed by atoms with Crippen LogP contribution >= 0.6 is 23.1 Å². The molecule has 1 amide bonds. The van der Waals surface area contributed by atoms with E-state index in [4.69, 9.17) is 0 Å². The summed E-state index contributed by atoms with van der Waals surface area (Å²) in [5.41, 5.74) is 0.663. The van der Waals surface area contributed by atoms with Gasteiger partial charge in [0.1, 0.15) is 11.6 Å². The fraction of sp³-hybridized carbons (Fsp3) is 0.231. The van der Waals surface area contributed by atoms with Crippen molar-refractivity contribution in [1.82, 2.24) is 20.2 Å². The number of amides is 1. The second kappa shape index (κ2) is 6.41. The lowest BCUT2D eigenvalue weighted by Crippen LogP contribution is -2.13. The van der Waals surface area contributed by atoms with Gasteiger partial charge in [0.2, 0.25) is 11.1 Å².